The molecule has 88 valence electrons. The zero-order valence-electron chi connectivity index (χ0n) is 9.54. The second kappa shape index (κ2) is 5.75. The summed E-state index contributed by atoms with van der Waals surface area (Å²) in [6, 6.07) is 18.1. The fourth-order valence-corrected chi connectivity index (χ4v) is 2.44. The second-order valence-corrected chi connectivity index (χ2v) is 4.99. The first kappa shape index (κ1) is 12.0. The Balaban J connectivity index is 1.92. The summed E-state index contributed by atoms with van der Waals surface area (Å²) in [7, 11) is 0. The SMILES string of the molecule is Nc1ccc(SCC(N)c2ccccc2)cc1. The van der Waals surface area contributed by atoms with Crippen LogP contribution in [-0.2, 0) is 0 Å². The van der Waals surface area contributed by atoms with Gasteiger partial charge in [0.15, 0.2) is 0 Å². The molecular formula is C14H16N2S. The molecule has 0 amide bonds. The Bertz CT molecular complexity index is 453. The van der Waals surface area contributed by atoms with Crippen molar-refractivity contribution in [1.82, 2.24) is 0 Å². The molecule has 0 saturated carbocycles. The van der Waals surface area contributed by atoms with E-state index in [1.165, 1.54) is 10.5 Å². The standard InChI is InChI=1S/C14H16N2S/c15-12-6-8-13(9-7-12)17-10-14(16)11-4-2-1-3-5-11/h1-9,14H,10,15-16H2. The van der Waals surface area contributed by atoms with Crippen LogP contribution in [0, 0.1) is 0 Å². The quantitative estimate of drug-likeness (QED) is 0.642. The third kappa shape index (κ3) is 3.51. The molecule has 0 radical (unpaired) electrons. The van der Waals surface area contributed by atoms with Gasteiger partial charge in [-0.1, -0.05) is 30.3 Å². The van der Waals surface area contributed by atoms with Crippen molar-refractivity contribution in [2.75, 3.05) is 11.5 Å². The average Bonchev–Trinajstić information content (AvgIpc) is 2.39. The Hall–Kier alpha value is -1.45. The summed E-state index contributed by atoms with van der Waals surface area (Å²) in [5.74, 6) is 0.869. The van der Waals surface area contributed by atoms with Gasteiger partial charge < -0.3 is 11.5 Å². The van der Waals surface area contributed by atoms with E-state index < -0.39 is 0 Å². The Morgan fingerprint density at radius 2 is 1.59 bits per heavy atom. The Labute approximate surface area is 106 Å². The number of benzene rings is 2. The second-order valence-electron chi connectivity index (χ2n) is 3.90. The van der Waals surface area contributed by atoms with Crippen LogP contribution in [0.1, 0.15) is 11.6 Å². The first-order valence-electron chi connectivity index (χ1n) is 5.54. The van der Waals surface area contributed by atoms with Gasteiger partial charge in [-0.15, -0.1) is 11.8 Å². The Morgan fingerprint density at radius 1 is 0.941 bits per heavy atom. The number of hydrogen-bond acceptors (Lipinski definition) is 3. The average molecular weight is 244 g/mol. The predicted octanol–water partition coefficient (Wildman–Crippen LogP) is 3.06. The normalized spacial score (nSPS) is 12.3. The van der Waals surface area contributed by atoms with E-state index in [0.717, 1.165) is 11.4 Å². The molecule has 4 N–H and O–H groups in total. The maximum absolute atomic E-state index is 6.13. The van der Waals surface area contributed by atoms with Crippen molar-refractivity contribution in [2.45, 2.75) is 10.9 Å². The largest absolute Gasteiger partial charge is 0.399 e. The van der Waals surface area contributed by atoms with Crippen molar-refractivity contribution < 1.29 is 0 Å². The molecule has 0 bridgehead atoms. The molecule has 0 spiro atoms. The molecule has 2 aromatic carbocycles. The van der Waals surface area contributed by atoms with E-state index in [1.807, 2.05) is 42.5 Å². The van der Waals surface area contributed by atoms with E-state index in [9.17, 15) is 0 Å². The lowest BCUT2D eigenvalue weighted by Crippen LogP contribution is -2.12. The maximum Gasteiger partial charge on any atom is 0.0390 e. The van der Waals surface area contributed by atoms with E-state index in [4.69, 9.17) is 11.5 Å². The number of thioether (sulfide) groups is 1. The summed E-state index contributed by atoms with van der Waals surface area (Å²) < 4.78 is 0. The maximum atomic E-state index is 6.13. The van der Waals surface area contributed by atoms with Gasteiger partial charge in [-0.25, -0.2) is 0 Å². The number of rotatable bonds is 4. The van der Waals surface area contributed by atoms with Gasteiger partial charge in [-0.2, -0.15) is 0 Å². The summed E-state index contributed by atoms with van der Waals surface area (Å²) in [6.07, 6.45) is 0. The molecule has 17 heavy (non-hydrogen) atoms. The molecule has 0 aromatic heterocycles. The summed E-state index contributed by atoms with van der Waals surface area (Å²) in [4.78, 5) is 1.20. The lowest BCUT2D eigenvalue weighted by atomic mass is 10.1. The van der Waals surface area contributed by atoms with Gasteiger partial charge in [-0.3, -0.25) is 0 Å². The van der Waals surface area contributed by atoms with Crippen LogP contribution in [0.25, 0.3) is 0 Å². The minimum Gasteiger partial charge on any atom is -0.399 e. The molecule has 2 aromatic rings. The van der Waals surface area contributed by atoms with Crippen molar-refractivity contribution in [1.29, 1.82) is 0 Å². The zero-order chi connectivity index (χ0) is 12.1. The highest BCUT2D eigenvalue weighted by Gasteiger charge is 2.05. The monoisotopic (exact) mass is 244 g/mol. The van der Waals surface area contributed by atoms with E-state index in [0.29, 0.717) is 0 Å². The van der Waals surface area contributed by atoms with E-state index in [1.54, 1.807) is 11.8 Å². The topological polar surface area (TPSA) is 52.0 Å². The number of hydrogen-bond donors (Lipinski definition) is 2. The Morgan fingerprint density at radius 3 is 2.24 bits per heavy atom. The predicted molar refractivity (Wildman–Crippen MR) is 74.9 cm³/mol. The molecule has 0 fully saturated rings. The molecular weight excluding hydrogens is 228 g/mol. The first-order chi connectivity index (χ1) is 8.25. The molecule has 0 heterocycles. The van der Waals surface area contributed by atoms with Crippen LogP contribution < -0.4 is 11.5 Å². The lowest BCUT2D eigenvalue weighted by Gasteiger charge is -2.11. The van der Waals surface area contributed by atoms with E-state index in [-0.39, 0.29) is 6.04 Å². The zero-order valence-corrected chi connectivity index (χ0v) is 10.4. The Kier molecular flexibility index (Phi) is 4.07. The number of anilines is 1. The molecule has 0 aliphatic carbocycles. The van der Waals surface area contributed by atoms with E-state index in [2.05, 4.69) is 12.1 Å². The van der Waals surface area contributed by atoms with Crippen molar-refractivity contribution in [3.63, 3.8) is 0 Å². The van der Waals surface area contributed by atoms with Crippen molar-refractivity contribution >= 4 is 17.4 Å². The third-order valence-electron chi connectivity index (χ3n) is 2.54. The molecule has 0 saturated heterocycles. The van der Waals surface area contributed by atoms with Gasteiger partial charge in [0, 0.05) is 22.4 Å². The summed E-state index contributed by atoms with van der Waals surface area (Å²) in [5, 5.41) is 0. The summed E-state index contributed by atoms with van der Waals surface area (Å²) in [6.45, 7) is 0. The van der Waals surface area contributed by atoms with Crippen LogP contribution in [0.3, 0.4) is 0 Å². The van der Waals surface area contributed by atoms with Gasteiger partial charge in [0.05, 0.1) is 0 Å². The van der Waals surface area contributed by atoms with Crippen molar-refractivity contribution in [3.8, 4) is 0 Å². The van der Waals surface area contributed by atoms with Crippen LogP contribution in [-0.4, -0.2) is 5.75 Å². The van der Waals surface area contributed by atoms with Crippen LogP contribution in [0.2, 0.25) is 0 Å². The van der Waals surface area contributed by atoms with Crippen LogP contribution in [0.4, 0.5) is 5.69 Å². The fourth-order valence-electron chi connectivity index (χ4n) is 1.55. The molecule has 0 aliphatic rings. The van der Waals surface area contributed by atoms with Crippen LogP contribution in [0.15, 0.2) is 59.5 Å². The van der Waals surface area contributed by atoms with E-state index >= 15 is 0 Å². The molecule has 0 aliphatic heterocycles. The minimum absolute atomic E-state index is 0.0683. The van der Waals surface area contributed by atoms with Crippen molar-refractivity contribution in [3.05, 3.63) is 60.2 Å². The van der Waals surface area contributed by atoms with Crippen molar-refractivity contribution in [2.24, 2.45) is 5.73 Å². The highest BCUT2D eigenvalue weighted by molar-refractivity contribution is 7.99. The van der Waals surface area contributed by atoms with Gasteiger partial charge >= 0.3 is 0 Å². The molecule has 2 nitrogen and oxygen atoms in total. The van der Waals surface area contributed by atoms with Gasteiger partial charge in [0.2, 0.25) is 0 Å². The lowest BCUT2D eigenvalue weighted by molar-refractivity contribution is 0.831. The third-order valence-corrected chi connectivity index (χ3v) is 3.67. The molecule has 2 rings (SSSR count). The summed E-state index contributed by atoms with van der Waals surface area (Å²) in [5.41, 5.74) is 13.7. The summed E-state index contributed by atoms with van der Waals surface area (Å²) >= 11 is 1.75. The van der Waals surface area contributed by atoms with Gasteiger partial charge in [0.25, 0.3) is 0 Å². The number of nitrogens with two attached hydrogens (primary N) is 2. The smallest absolute Gasteiger partial charge is 0.0390 e. The fraction of sp³-hybridized carbons (Fsp3) is 0.143. The molecule has 1 unspecified atom stereocenters. The first-order valence-corrected chi connectivity index (χ1v) is 6.53. The molecule has 1 atom stereocenters. The van der Waals surface area contributed by atoms with Crippen LogP contribution >= 0.6 is 11.8 Å². The minimum atomic E-state index is 0.0683. The highest BCUT2D eigenvalue weighted by Crippen LogP contribution is 2.23. The van der Waals surface area contributed by atoms with Crippen LogP contribution in [0.5, 0.6) is 0 Å². The highest BCUT2D eigenvalue weighted by atomic mass is 32.2. The van der Waals surface area contributed by atoms with Gasteiger partial charge in [-0.05, 0) is 29.8 Å². The number of nitrogen functional groups attached to an aromatic ring is 1. The molecule has 3 heteroatoms. The van der Waals surface area contributed by atoms with Gasteiger partial charge in [0.1, 0.15) is 0 Å².